The maximum Gasteiger partial charge on any atom is 0.0697 e. The third-order valence-electron chi connectivity index (χ3n) is 4.77. The Morgan fingerprint density at radius 3 is 2.75 bits per heavy atom. The van der Waals surface area contributed by atoms with Crippen molar-refractivity contribution in [3.8, 4) is 0 Å². The fraction of sp³-hybridized carbons (Fsp3) is 0.647. The molecule has 20 heavy (non-hydrogen) atoms. The predicted octanol–water partition coefficient (Wildman–Crippen LogP) is 2.28. The number of aliphatic hydroxyl groups is 1. The van der Waals surface area contributed by atoms with Crippen LogP contribution in [0.1, 0.15) is 37.7 Å². The monoisotopic (exact) mass is 275 g/mol. The van der Waals surface area contributed by atoms with E-state index in [0.29, 0.717) is 6.04 Å². The van der Waals surface area contributed by atoms with Crippen LogP contribution in [0.5, 0.6) is 0 Å². The lowest BCUT2D eigenvalue weighted by atomic mass is 9.74. The third-order valence-corrected chi connectivity index (χ3v) is 4.77. The molecule has 1 saturated heterocycles. The highest BCUT2D eigenvalue weighted by Gasteiger charge is 2.42. The summed E-state index contributed by atoms with van der Waals surface area (Å²) in [6.07, 6.45) is 6.80. The molecule has 1 spiro atoms. The Morgan fingerprint density at radius 2 is 2.10 bits per heavy atom. The van der Waals surface area contributed by atoms with E-state index in [2.05, 4.69) is 29.6 Å². The van der Waals surface area contributed by atoms with E-state index >= 15 is 0 Å². The number of rotatable bonds is 5. The Bertz CT molecular complexity index is 416. The fourth-order valence-corrected chi connectivity index (χ4v) is 3.50. The summed E-state index contributed by atoms with van der Waals surface area (Å²) in [6, 6.07) is 11.0. The van der Waals surface area contributed by atoms with Gasteiger partial charge in [0.1, 0.15) is 0 Å². The van der Waals surface area contributed by atoms with Crippen LogP contribution in [0.2, 0.25) is 0 Å². The molecule has 2 N–H and O–H groups in total. The number of aliphatic hydroxyl groups excluding tert-OH is 1. The van der Waals surface area contributed by atoms with Gasteiger partial charge < -0.3 is 15.2 Å². The van der Waals surface area contributed by atoms with E-state index < -0.39 is 0 Å². The number of ether oxygens (including phenoxy) is 1. The molecule has 1 saturated carbocycles. The van der Waals surface area contributed by atoms with Crippen molar-refractivity contribution >= 4 is 0 Å². The smallest absolute Gasteiger partial charge is 0.0697 e. The minimum atomic E-state index is 0.151. The standard InChI is InChI=1S/C17H25NO2/c19-13-16(11-14-5-2-1-3-6-14)18-15-7-10-20-17(12-15)8-4-9-17/h1-3,5-6,15-16,18-19H,4,7-13H2. The summed E-state index contributed by atoms with van der Waals surface area (Å²) in [6.45, 7) is 1.06. The van der Waals surface area contributed by atoms with E-state index in [4.69, 9.17) is 4.74 Å². The molecule has 2 aliphatic rings. The molecule has 0 aromatic heterocycles. The summed E-state index contributed by atoms with van der Waals surface area (Å²) < 4.78 is 5.96. The molecule has 3 rings (SSSR count). The van der Waals surface area contributed by atoms with Crippen LogP contribution in [0.25, 0.3) is 0 Å². The lowest BCUT2D eigenvalue weighted by Gasteiger charge is -2.47. The van der Waals surface area contributed by atoms with Crippen molar-refractivity contribution in [1.82, 2.24) is 5.32 Å². The Morgan fingerprint density at radius 1 is 1.30 bits per heavy atom. The SMILES string of the molecule is OCC(Cc1ccccc1)NC1CCOC2(CCC2)C1. The highest BCUT2D eigenvalue weighted by atomic mass is 16.5. The maximum atomic E-state index is 9.63. The molecular weight excluding hydrogens is 250 g/mol. The molecule has 1 aromatic carbocycles. The molecule has 3 heteroatoms. The first-order valence-corrected chi connectivity index (χ1v) is 7.84. The molecule has 1 aliphatic carbocycles. The van der Waals surface area contributed by atoms with Gasteiger partial charge in [-0.3, -0.25) is 0 Å². The van der Waals surface area contributed by atoms with Crippen LogP contribution >= 0.6 is 0 Å². The van der Waals surface area contributed by atoms with Crippen molar-refractivity contribution < 1.29 is 9.84 Å². The van der Waals surface area contributed by atoms with Gasteiger partial charge in [-0.25, -0.2) is 0 Å². The lowest BCUT2D eigenvalue weighted by molar-refractivity contribution is -0.136. The molecule has 3 nitrogen and oxygen atoms in total. The number of nitrogens with one attached hydrogen (secondary N) is 1. The molecular formula is C17H25NO2. The molecule has 1 heterocycles. The van der Waals surface area contributed by atoms with Gasteiger partial charge in [0, 0.05) is 18.7 Å². The molecule has 0 amide bonds. The summed E-state index contributed by atoms with van der Waals surface area (Å²) in [5, 5.41) is 13.3. The first-order valence-electron chi connectivity index (χ1n) is 7.84. The van der Waals surface area contributed by atoms with Crippen LogP contribution in [-0.2, 0) is 11.2 Å². The Kier molecular flexibility index (Phi) is 4.39. The second-order valence-corrected chi connectivity index (χ2v) is 6.31. The van der Waals surface area contributed by atoms with Crippen LogP contribution < -0.4 is 5.32 Å². The normalized spacial score (nSPS) is 26.1. The minimum Gasteiger partial charge on any atom is -0.395 e. The van der Waals surface area contributed by atoms with Crippen LogP contribution in [0, 0.1) is 0 Å². The van der Waals surface area contributed by atoms with Gasteiger partial charge in [-0.05, 0) is 44.1 Å². The van der Waals surface area contributed by atoms with Gasteiger partial charge in [-0.15, -0.1) is 0 Å². The number of hydrogen-bond donors (Lipinski definition) is 2. The molecule has 2 atom stereocenters. The van der Waals surface area contributed by atoms with Gasteiger partial charge in [0.2, 0.25) is 0 Å². The number of hydrogen-bond acceptors (Lipinski definition) is 3. The molecule has 110 valence electrons. The van der Waals surface area contributed by atoms with Crippen molar-refractivity contribution in [3.63, 3.8) is 0 Å². The Hall–Kier alpha value is -0.900. The highest BCUT2D eigenvalue weighted by Crippen LogP contribution is 2.42. The van der Waals surface area contributed by atoms with Crippen molar-refractivity contribution in [2.75, 3.05) is 13.2 Å². The van der Waals surface area contributed by atoms with Crippen molar-refractivity contribution in [3.05, 3.63) is 35.9 Å². The molecule has 1 aliphatic heterocycles. The van der Waals surface area contributed by atoms with Gasteiger partial charge in [0.05, 0.1) is 12.2 Å². The largest absolute Gasteiger partial charge is 0.395 e. The zero-order chi connectivity index (χ0) is 13.8. The van der Waals surface area contributed by atoms with E-state index in [1.807, 2.05) is 6.07 Å². The number of benzene rings is 1. The van der Waals surface area contributed by atoms with Gasteiger partial charge >= 0.3 is 0 Å². The molecule has 1 aromatic rings. The highest BCUT2D eigenvalue weighted by molar-refractivity contribution is 5.16. The van der Waals surface area contributed by atoms with E-state index in [-0.39, 0.29) is 18.2 Å². The van der Waals surface area contributed by atoms with E-state index in [1.165, 1.54) is 24.8 Å². The summed E-state index contributed by atoms with van der Waals surface area (Å²) in [4.78, 5) is 0. The Labute approximate surface area is 121 Å². The third kappa shape index (κ3) is 3.22. The summed E-state index contributed by atoms with van der Waals surface area (Å²) in [5.41, 5.74) is 1.45. The quantitative estimate of drug-likeness (QED) is 0.866. The van der Waals surface area contributed by atoms with Crippen LogP contribution in [0.3, 0.4) is 0 Å². The predicted molar refractivity (Wildman–Crippen MR) is 79.7 cm³/mol. The van der Waals surface area contributed by atoms with Gasteiger partial charge in [-0.2, -0.15) is 0 Å². The molecule has 0 radical (unpaired) electrons. The zero-order valence-electron chi connectivity index (χ0n) is 12.1. The van der Waals surface area contributed by atoms with Gasteiger partial charge in [0.25, 0.3) is 0 Å². The van der Waals surface area contributed by atoms with Crippen LogP contribution in [0.4, 0.5) is 0 Å². The van der Waals surface area contributed by atoms with Crippen molar-refractivity contribution in [1.29, 1.82) is 0 Å². The average Bonchev–Trinajstić information content (AvgIpc) is 2.46. The average molecular weight is 275 g/mol. The molecule has 2 fully saturated rings. The first kappa shape index (κ1) is 14.1. The van der Waals surface area contributed by atoms with Crippen molar-refractivity contribution in [2.24, 2.45) is 0 Å². The topological polar surface area (TPSA) is 41.5 Å². The summed E-state index contributed by atoms with van der Waals surface area (Å²) >= 11 is 0. The minimum absolute atomic E-state index is 0.151. The zero-order valence-corrected chi connectivity index (χ0v) is 12.1. The van der Waals surface area contributed by atoms with E-state index in [0.717, 1.165) is 25.9 Å². The lowest BCUT2D eigenvalue weighted by Crippen LogP contribution is -2.53. The van der Waals surface area contributed by atoms with Crippen LogP contribution in [-0.4, -0.2) is 36.0 Å². The van der Waals surface area contributed by atoms with Gasteiger partial charge in [-0.1, -0.05) is 30.3 Å². The second-order valence-electron chi connectivity index (χ2n) is 6.31. The van der Waals surface area contributed by atoms with Crippen LogP contribution in [0.15, 0.2) is 30.3 Å². The molecule has 2 unspecified atom stereocenters. The fourth-order valence-electron chi connectivity index (χ4n) is 3.50. The second kappa shape index (κ2) is 6.25. The summed E-state index contributed by atoms with van der Waals surface area (Å²) in [5.74, 6) is 0. The Balaban J connectivity index is 1.54. The van der Waals surface area contributed by atoms with E-state index in [1.54, 1.807) is 0 Å². The molecule has 0 bridgehead atoms. The van der Waals surface area contributed by atoms with E-state index in [9.17, 15) is 5.11 Å². The van der Waals surface area contributed by atoms with Gasteiger partial charge in [0.15, 0.2) is 0 Å². The van der Waals surface area contributed by atoms with Crippen molar-refractivity contribution in [2.45, 2.75) is 56.2 Å². The first-order chi connectivity index (χ1) is 9.80. The maximum absolute atomic E-state index is 9.63. The summed E-state index contributed by atoms with van der Waals surface area (Å²) in [7, 11) is 0.